The van der Waals surface area contributed by atoms with Crippen LogP contribution in [0.2, 0.25) is 0 Å². The van der Waals surface area contributed by atoms with E-state index in [1.54, 1.807) is 0 Å². The highest BCUT2D eigenvalue weighted by atomic mass is 16.3. The number of aliphatic hydroxyl groups is 1. The Bertz CT molecular complexity index is 147. The summed E-state index contributed by atoms with van der Waals surface area (Å²) < 4.78 is 0. The minimum absolute atomic E-state index is 0.510. The average molecular weight is 170 g/mol. The average Bonchev–Trinajstić information content (AvgIpc) is 1.80. The van der Waals surface area contributed by atoms with E-state index in [0.717, 1.165) is 12.8 Å². The molecule has 1 unspecified atom stereocenters. The lowest BCUT2D eigenvalue weighted by Crippen LogP contribution is -2.18. The van der Waals surface area contributed by atoms with Crippen LogP contribution in [0.4, 0.5) is 0 Å². The van der Waals surface area contributed by atoms with Crippen LogP contribution in [0.5, 0.6) is 0 Å². The summed E-state index contributed by atoms with van der Waals surface area (Å²) in [6, 6.07) is 0. The molecule has 0 aliphatic carbocycles. The van der Waals surface area contributed by atoms with Gasteiger partial charge in [0, 0.05) is 0 Å². The summed E-state index contributed by atoms with van der Waals surface area (Å²) >= 11 is 0. The van der Waals surface area contributed by atoms with Crippen molar-refractivity contribution in [1.82, 2.24) is 0 Å². The number of allylic oxidation sites excluding steroid dienone is 2. The number of rotatable bonds is 4. The first kappa shape index (κ1) is 11.7. The molecule has 0 heterocycles. The van der Waals surface area contributed by atoms with Gasteiger partial charge in [0.25, 0.3) is 0 Å². The minimum Gasteiger partial charge on any atom is -0.390 e. The zero-order chi connectivity index (χ0) is 9.78. The maximum absolute atomic E-state index is 9.48. The maximum atomic E-state index is 9.48. The van der Waals surface area contributed by atoms with E-state index in [1.165, 1.54) is 5.57 Å². The van der Waals surface area contributed by atoms with E-state index < -0.39 is 5.60 Å². The molecule has 1 atom stereocenters. The van der Waals surface area contributed by atoms with E-state index in [1.807, 2.05) is 13.8 Å². The van der Waals surface area contributed by atoms with Crippen LogP contribution in [0.25, 0.3) is 0 Å². The summed E-state index contributed by atoms with van der Waals surface area (Å²) in [5, 5.41) is 9.48. The molecule has 1 heteroatoms. The monoisotopic (exact) mass is 170 g/mol. The third-order valence-electron chi connectivity index (χ3n) is 1.83. The molecule has 0 saturated heterocycles. The van der Waals surface area contributed by atoms with Gasteiger partial charge in [-0.2, -0.15) is 0 Å². The van der Waals surface area contributed by atoms with Gasteiger partial charge in [-0.1, -0.05) is 18.6 Å². The zero-order valence-electron chi connectivity index (χ0n) is 9.02. The third-order valence-corrected chi connectivity index (χ3v) is 1.83. The standard InChI is InChI=1S/C11H22O/c1-9(2)8-10(3)6-7-11(4,5)12/h8,10,12H,6-7H2,1-5H3. The Kier molecular flexibility index (Phi) is 4.54. The van der Waals surface area contributed by atoms with Gasteiger partial charge in [-0.05, 0) is 46.5 Å². The Balaban J connectivity index is 3.73. The van der Waals surface area contributed by atoms with Crippen LogP contribution in [0.3, 0.4) is 0 Å². The molecule has 1 nitrogen and oxygen atoms in total. The summed E-state index contributed by atoms with van der Waals surface area (Å²) in [5.74, 6) is 0.585. The van der Waals surface area contributed by atoms with Crippen molar-refractivity contribution >= 4 is 0 Å². The molecule has 0 aromatic carbocycles. The number of hydrogen-bond donors (Lipinski definition) is 1. The Hall–Kier alpha value is -0.300. The molecule has 12 heavy (non-hydrogen) atoms. The first-order valence-corrected chi connectivity index (χ1v) is 4.68. The van der Waals surface area contributed by atoms with Crippen LogP contribution in [0.1, 0.15) is 47.5 Å². The van der Waals surface area contributed by atoms with E-state index in [2.05, 4.69) is 26.8 Å². The highest BCUT2D eigenvalue weighted by molar-refractivity contribution is 4.96. The normalized spacial score (nSPS) is 14.2. The molecule has 0 amide bonds. The molecule has 72 valence electrons. The van der Waals surface area contributed by atoms with Crippen molar-refractivity contribution in [2.45, 2.75) is 53.1 Å². The second kappa shape index (κ2) is 4.66. The SMILES string of the molecule is CC(C)=CC(C)CCC(C)(C)O. The summed E-state index contributed by atoms with van der Waals surface area (Å²) in [6.07, 6.45) is 4.19. The molecule has 0 aliphatic rings. The van der Waals surface area contributed by atoms with E-state index in [4.69, 9.17) is 0 Å². The van der Waals surface area contributed by atoms with Crippen molar-refractivity contribution in [2.75, 3.05) is 0 Å². The predicted molar refractivity (Wildman–Crippen MR) is 54.1 cm³/mol. The second-order valence-electron chi connectivity index (χ2n) is 4.57. The largest absolute Gasteiger partial charge is 0.390 e. The van der Waals surface area contributed by atoms with Crippen LogP contribution in [-0.2, 0) is 0 Å². The fourth-order valence-electron chi connectivity index (χ4n) is 1.23. The molecule has 0 spiro atoms. The molecule has 0 saturated carbocycles. The molecule has 0 bridgehead atoms. The fraction of sp³-hybridized carbons (Fsp3) is 0.818. The summed E-state index contributed by atoms with van der Waals surface area (Å²) in [5.41, 5.74) is 0.849. The molecular weight excluding hydrogens is 148 g/mol. The zero-order valence-corrected chi connectivity index (χ0v) is 9.02. The van der Waals surface area contributed by atoms with Crippen LogP contribution >= 0.6 is 0 Å². The van der Waals surface area contributed by atoms with Crippen LogP contribution in [0.15, 0.2) is 11.6 Å². The third kappa shape index (κ3) is 7.80. The van der Waals surface area contributed by atoms with Crippen molar-refractivity contribution < 1.29 is 5.11 Å². The van der Waals surface area contributed by atoms with Crippen molar-refractivity contribution in [3.63, 3.8) is 0 Å². The van der Waals surface area contributed by atoms with Crippen LogP contribution in [0, 0.1) is 5.92 Å². The Morgan fingerprint density at radius 3 is 2.25 bits per heavy atom. The van der Waals surface area contributed by atoms with Gasteiger partial charge in [-0.3, -0.25) is 0 Å². The molecule has 0 aromatic heterocycles. The number of hydrogen-bond acceptors (Lipinski definition) is 1. The highest BCUT2D eigenvalue weighted by Gasteiger charge is 2.12. The van der Waals surface area contributed by atoms with E-state index >= 15 is 0 Å². The summed E-state index contributed by atoms with van der Waals surface area (Å²) in [6.45, 7) is 10.1. The minimum atomic E-state index is -0.510. The molecule has 1 N–H and O–H groups in total. The lowest BCUT2D eigenvalue weighted by Gasteiger charge is -2.18. The van der Waals surface area contributed by atoms with Crippen molar-refractivity contribution in [3.8, 4) is 0 Å². The Labute approximate surface area is 76.5 Å². The molecule has 0 fully saturated rings. The smallest absolute Gasteiger partial charge is 0.0592 e. The quantitative estimate of drug-likeness (QED) is 0.643. The van der Waals surface area contributed by atoms with Gasteiger partial charge in [0.1, 0.15) is 0 Å². The van der Waals surface area contributed by atoms with E-state index in [0.29, 0.717) is 5.92 Å². The lowest BCUT2D eigenvalue weighted by atomic mass is 9.95. The van der Waals surface area contributed by atoms with Gasteiger partial charge in [-0.15, -0.1) is 0 Å². The van der Waals surface area contributed by atoms with Crippen molar-refractivity contribution in [3.05, 3.63) is 11.6 Å². The van der Waals surface area contributed by atoms with Crippen molar-refractivity contribution in [1.29, 1.82) is 0 Å². The van der Waals surface area contributed by atoms with Gasteiger partial charge in [0.15, 0.2) is 0 Å². The molecule has 0 aromatic rings. The first-order chi connectivity index (χ1) is 5.31. The fourth-order valence-corrected chi connectivity index (χ4v) is 1.23. The summed E-state index contributed by atoms with van der Waals surface area (Å²) in [7, 11) is 0. The predicted octanol–water partition coefficient (Wildman–Crippen LogP) is 3.14. The highest BCUT2D eigenvalue weighted by Crippen LogP contribution is 2.17. The first-order valence-electron chi connectivity index (χ1n) is 4.68. The Morgan fingerprint density at radius 1 is 1.42 bits per heavy atom. The van der Waals surface area contributed by atoms with E-state index in [-0.39, 0.29) is 0 Å². The Morgan fingerprint density at radius 2 is 1.92 bits per heavy atom. The topological polar surface area (TPSA) is 20.2 Å². The molecular formula is C11H22O. The van der Waals surface area contributed by atoms with Crippen molar-refractivity contribution in [2.24, 2.45) is 5.92 Å². The van der Waals surface area contributed by atoms with Gasteiger partial charge < -0.3 is 5.11 Å². The molecule has 0 aliphatic heterocycles. The van der Waals surface area contributed by atoms with Crippen LogP contribution < -0.4 is 0 Å². The molecule has 0 radical (unpaired) electrons. The second-order valence-corrected chi connectivity index (χ2v) is 4.57. The van der Waals surface area contributed by atoms with Crippen LogP contribution in [-0.4, -0.2) is 10.7 Å². The summed E-state index contributed by atoms with van der Waals surface area (Å²) in [4.78, 5) is 0. The van der Waals surface area contributed by atoms with Gasteiger partial charge >= 0.3 is 0 Å². The van der Waals surface area contributed by atoms with E-state index in [9.17, 15) is 5.11 Å². The van der Waals surface area contributed by atoms with Gasteiger partial charge in [0.2, 0.25) is 0 Å². The molecule has 0 rings (SSSR count). The lowest BCUT2D eigenvalue weighted by molar-refractivity contribution is 0.0661. The van der Waals surface area contributed by atoms with Gasteiger partial charge in [0.05, 0.1) is 5.60 Å². The van der Waals surface area contributed by atoms with Gasteiger partial charge in [-0.25, -0.2) is 0 Å². The maximum Gasteiger partial charge on any atom is 0.0592 e.